The molecule has 0 aromatic carbocycles. The van der Waals surface area contributed by atoms with Gasteiger partial charge in [-0.05, 0) is 0 Å². The maximum atomic E-state index is 10.2. The Morgan fingerprint density at radius 3 is 1.19 bits per heavy atom. The van der Waals surface area contributed by atoms with Crippen molar-refractivity contribution in [2.45, 2.75) is 84.0 Å². The number of hydrogen-bond donors (Lipinski definition) is 2. The van der Waals surface area contributed by atoms with Gasteiger partial charge in [0.05, 0.1) is 0 Å². The minimum Gasteiger partial charge on any atom is -0.854 e. The Morgan fingerprint density at radius 1 is 0.714 bits per heavy atom. The molecule has 0 aliphatic carbocycles. The van der Waals surface area contributed by atoms with E-state index >= 15 is 0 Å². The molecule has 0 saturated carbocycles. The van der Waals surface area contributed by atoms with Crippen LogP contribution in [0.4, 0.5) is 0 Å². The largest absolute Gasteiger partial charge is 1.00 e. The van der Waals surface area contributed by atoms with Crippen LogP contribution in [0.1, 0.15) is 84.0 Å². The molecule has 124 valence electrons. The predicted molar refractivity (Wildman–Crippen MR) is 80.1 cm³/mol. The predicted octanol–water partition coefficient (Wildman–Crippen LogP) is 0.399. The Hall–Kier alpha value is 0.830. The molecule has 0 spiro atoms. The SMILES string of the molecule is CCCCCCCCCCCCCC[O-].O=S(=O)(O)O.[Na+]. The fourth-order valence-corrected chi connectivity index (χ4v) is 1.94. The van der Waals surface area contributed by atoms with Gasteiger partial charge in [-0.3, -0.25) is 9.11 Å². The normalized spacial score (nSPS) is 10.5. The Kier molecular flexibility index (Phi) is 26.5. The number of rotatable bonds is 12. The van der Waals surface area contributed by atoms with Gasteiger partial charge in [0.25, 0.3) is 0 Å². The standard InChI is InChI=1S/C14H29O.Na.H2O4S/c1-2-3-4-5-6-7-8-9-10-11-12-13-14-15;;1-5(2,3)4/h2-14H2,1H3;;(H2,1,2,3,4)/q-1;+1;. The quantitative estimate of drug-likeness (QED) is 0.306. The molecule has 0 aromatic rings. The summed E-state index contributed by atoms with van der Waals surface area (Å²) in [5.74, 6) is 0. The summed E-state index contributed by atoms with van der Waals surface area (Å²) in [7, 11) is -4.67. The maximum Gasteiger partial charge on any atom is 1.00 e. The first-order valence-electron chi connectivity index (χ1n) is 7.69. The van der Waals surface area contributed by atoms with Gasteiger partial charge in [0.15, 0.2) is 0 Å². The molecule has 0 radical (unpaired) electrons. The second kappa shape index (κ2) is 20.8. The summed E-state index contributed by atoms with van der Waals surface area (Å²) in [6, 6.07) is 0. The van der Waals surface area contributed by atoms with Crippen molar-refractivity contribution in [3.05, 3.63) is 0 Å². The van der Waals surface area contributed by atoms with E-state index in [0.29, 0.717) is 0 Å². The summed E-state index contributed by atoms with van der Waals surface area (Å²) in [5.41, 5.74) is 0. The van der Waals surface area contributed by atoms with Crippen molar-refractivity contribution in [2.75, 3.05) is 6.61 Å². The molecule has 5 nitrogen and oxygen atoms in total. The molecule has 0 rings (SSSR count). The second-order valence-corrected chi connectivity index (χ2v) is 5.94. The van der Waals surface area contributed by atoms with Gasteiger partial charge >= 0.3 is 40.0 Å². The molecule has 0 fully saturated rings. The van der Waals surface area contributed by atoms with Gasteiger partial charge in [-0.2, -0.15) is 8.42 Å². The molecule has 2 N–H and O–H groups in total. The van der Waals surface area contributed by atoms with Crippen molar-refractivity contribution in [1.82, 2.24) is 0 Å². The average Bonchev–Trinajstić information content (AvgIpc) is 2.34. The van der Waals surface area contributed by atoms with Crippen LogP contribution in [-0.2, 0) is 10.4 Å². The van der Waals surface area contributed by atoms with Gasteiger partial charge in [0, 0.05) is 0 Å². The van der Waals surface area contributed by atoms with E-state index in [9.17, 15) is 5.11 Å². The zero-order valence-corrected chi connectivity index (χ0v) is 16.5. The summed E-state index contributed by atoms with van der Waals surface area (Å²) >= 11 is 0. The van der Waals surface area contributed by atoms with Gasteiger partial charge in [-0.15, -0.1) is 6.61 Å². The van der Waals surface area contributed by atoms with Crippen molar-refractivity contribution >= 4 is 10.4 Å². The number of unbranched alkanes of at least 4 members (excludes halogenated alkanes) is 11. The zero-order valence-electron chi connectivity index (χ0n) is 13.7. The van der Waals surface area contributed by atoms with Crippen LogP contribution in [0.3, 0.4) is 0 Å². The van der Waals surface area contributed by atoms with Crippen molar-refractivity contribution < 1.29 is 52.2 Å². The van der Waals surface area contributed by atoms with Crippen LogP contribution in [0.5, 0.6) is 0 Å². The first-order valence-corrected chi connectivity index (χ1v) is 9.09. The first-order chi connectivity index (χ1) is 9.41. The Bertz CT molecular complexity index is 251. The third-order valence-electron chi connectivity index (χ3n) is 3.00. The summed E-state index contributed by atoms with van der Waals surface area (Å²) in [6.45, 7) is 2.39. The van der Waals surface area contributed by atoms with E-state index in [1.165, 1.54) is 64.2 Å². The molecule has 0 aliphatic rings. The van der Waals surface area contributed by atoms with E-state index < -0.39 is 10.4 Å². The Labute approximate surface area is 152 Å². The van der Waals surface area contributed by atoms with Crippen LogP contribution < -0.4 is 34.7 Å². The molecule has 0 unspecified atom stereocenters. The van der Waals surface area contributed by atoms with E-state index in [0.717, 1.165) is 12.8 Å². The van der Waals surface area contributed by atoms with Crippen LogP contribution in [0, 0.1) is 0 Å². The minimum absolute atomic E-state index is 0. The topological polar surface area (TPSA) is 97.7 Å². The van der Waals surface area contributed by atoms with E-state index in [-0.39, 0.29) is 36.2 Å². The van der Waals surface area contributed by atoms with Crippen LogP contribution in [-0.4, -0.2) is 24.1 Å². The molecule has 0 saturated heterocycles. The fourth-order valence-electron chi connectivity index (χ4n) is 1.94. The van der Waals surface area contributed by atoms with Crippen LogP contribution in [0.25, 0.3) is 0 Å². The summed E-state index contributed by atoms with van der Waals surface area (Å²) in [4.78, 5) is 0. The van der Waals surface area contributed by atoms with Crippen LogP contribution >= 0.6 is 0 Å². The molecular formula is C14H31NaO5S. The van der Waals surface area contributed by atoms with Gasteiger partial charge in [0.1, 0.15) is 0 Å². The molecule has 0 atom stereocenters. The van der Waals surface area contributed by atoms with E-state index in [1.807, 2.05) is 0 Å². The summed E-state index contributed by atoms with van der Waals surface area (Å²) < 4.78 is 31.6. The Morgan fingerprint density at radius 2 is 0.952 bits per heavy atom. The summed E-state index contributed by atoms with van der Waals surface area (Å²) in [6.07, 6.45) is 15.9. The zero-order chi connectivity index (χ0) is 15.7. The van der Waals surface area contributed by atoms with Gasteiger partial charge in [-0.1, -0.05) is 84.0 Å². The molecule has 21 heavy (non-hydrogen) atoms. The van der Waals surface area contributed by atoms with Crippen molar-refractivity contribution in [2.24, 2.45) is 0 Å². The average molecular weight is 334 g/mol. The third-order valence-corrected chi connectivity index (χ3v) is 3.00. The first kappa shape index (κ1) is 26.7. The monoisotopic (exact) mass is 334 g/mol. The third kappa shape index (κ3) is 44.9. The fraction of sp³-hybridized carbons (Fsp3) is 1.00. The maximum absolute atomic E-state index is 10.2. The smallest absolute Gasteiger partial charge is 0.854 e. The van der Waals surface area contributed by atoms with Crippen LogP contribution in [0.15, 0.2) is 0 Å². The van der Waals surface area contributed by atoms with Crippen molar-refractivity contribution in [1.29, 1.82) is 0 Å². The van der Waals surface area contributed by atoms with Crippen molar-refractivity contribution in [3.8, 4) is 0 Å². The minimum atomic E-state index is -4.67. The van der Waals surface area contributed by atoms with Gasteiger partial charge in [0.2, 0.25) is 0 Å². The van der Waals surface area contributed by atoms with Crippen LogP contribution in [0.2, 0.25) is 0 Å². The van der Waals surface area contributed by atoms with Crippen molar-refractivity contribution in [3.63, 3.8) is 0 Å². The van der Waals surface area contributed by atoms with E-state index in [2.05, 4.69) is 6.92 Å². The van der Waals surface area contributed by atoms with E-state index in [1.54, 1.807) is 0 Å². The van der Waals surface area contributed by atoms with Gasteiger partial charge < -0.3 is 5.11 Å². The van der Waals surface area contributed by atoms with E-state index in [4.69, 9.17) is 17.5 Å². The molecule has 0 bridgehead atoms. The molecular weight excluding hydrogens is 303 g/mol. The molecule has 0 amide bonds. The molecule has 0 aliphatic heterocycles. The molecule has 7 heteroatoms. The molecule has 0 aromatic heterocycles. The van der Waals surface area contributed by atoms with Gasteiger partial charge in [-0.25, -0.2) is 0 Å². The second-order valence-electron chi connectivity index (χ2n) is 5.04. The number of hydrogen-bond acceptors (Lipinski definition) is 3. The molecule has 0 heterocycles. The summed E-state index contributed by atoms with van der Waals surface area (Å²) in [5, 5.41) is 10.2. The Balaban J connectivity index is -0.000000465.